The first-order valence-corrected chi connectivity index (χ1v) is 6.81. The fourth-order valence-corrected chi connectivity index (χ4v) is 3.40. The van der Waals surface area contributed by atoms with Crippen LogP contribution in [0.2, 0.25) is 0 Å². The van der Waals surface area contributed by atoms with Crippen molar-refractivity contribution in [1.29, 1.82) is 0 Å². The summed E-state index contributed by atoms with van der Waals surface area (Å²) in [7, 11) is 1.94. The van der Waals surface area contributed by atoms with Gasteiger partial charge in [-0.25, -0.2) is 14.5 Å². The van der Waals surface area contributed by atoms with Crippen LogP contribution < -0.4 is 4.57 Å². The monoisotopic (exact) mass is 279 g/mol. The lowest BCUT2D eigenvalue weighted by Crippen LogP contribution is -2.33. The average molecular weight is 279 g/mol. The van der Waals surface area contributed by atoms with E-state index in [9.17, 15) is 0 Å². The van der Waals surface area contributed by atoms with Gasteiger partial charge in [0.1, 0.15) is 16.7 Å². The van der Waals surface area contributed by atoms with Gasteiger partial charge in [-0.15, -0.1) is 0 Å². The van der Waals surface area contributed by atoms with Gasteiger partial charge < -0.3 is 0 Å². The minimum atomic E-state index is -2.28. The normalized spacial score (nSPS) is 15.8. The lowest BCUT2D eigenvalue weighted by atomic mass is 10.2. The summed E-state index contributed by atoms with van der Waals surface area (Å²) in [5, 5.41) is 0. The zero-order valence-corrected chi connectivity index (χ0v) is 11.4. The van der Waals surface area contributed by atoms with Crippen LogP contribution in [-0.4, -0.2) is 19.1 Å². The Kier molecular flexibility index (Phi) is 1.42. The van der Waals surface area contributed by atoms with Crippen LogP contribution in [0.15, 0.2) is 36.7 Å². The molecule has 5 heteroatoms. The van der Waals surface area contributed by atoms with Gasteiger partial charge in [0.05, 0.1) is 24.7 Å². The zero-order valence-electron chi connectivity index (χ0n) is 14.4. The number of fused-ring (bicyclic) bond motifs is 7. The quantitative estimate of drug-likeness (QED) is 0.405. The van der Waals surface area contributed by atoms with Gasteiger partial charge in [-0.2, -0.15) is 0 Å². The van der Waals surface area contributed by atoms with Crippen molar-refractivity contribution in [3.63, 3.8) is 0 Å². The molecule has 0 aliphatic carbocycles. The summed E-state index contributed by atoms with van der Waals surface area (Å²) in [5.41, 5.74) is 4.81. The van der Waals surface area contributed by atoms with E-state index in [1.807, 2.05) is 34.4 Å². The molecule has 0 saturated carbocycles. The molecule has 0 fully saturated rings. The van der Waals surface area contributed by atoms with E-state index >= 15 is 0 Å². The lowest BCUT2D eigenvalue weighted by molar-refractivity contribution is -0.648. The predicted molar refractivity (Wildman–Crippen MR) is 79.7 cm³/mol. The van der Waals surface area contributed by atoms with E-state index in [4.69, 9.17) is 4.11 Å². The Hall–Kier alpha value is -2.69. The molecule has 0 unspecified atom stereocenters. The minimum absolute atomic E-state index is 0.613. The second kappa shape index (κ2) is 3.49. The number of nitrogens with zero attached hydrogens (tertiary/aromatic N) is 5. The highest BCUT2D eigenvalue weighted by molar-refractivity contribution is 6.01. The zero-order chi connectivity index (χ0) is 16.6. The van der Waals surface area contributed by atoms with Crippen LogP contribution in [0.4, 0.5) is 0 Å². The molecule has 0 N–H and O–H groups in total. The SMILES string of the molecule is [2H]C([2H])([2H])n1c2cccnc2c2c1[n+]1c(n2C)-c2ncccc2C1. The fraction of sp³-hybridized carbons (Fsp3) is 0.188. The molecule has 4 aromatic heterocycles. The summed E-state index contributed by atoms with van der Waals surface area (Å²) in [5.74, 6) is 0.918. The maximum Gasteiger partial charge on any atom is 0.271 e. The van der Waals surface area contributed by atoms with Crippen LogP contribution in [0.25, 0.3) is 33.7 Å². The Labute approximate surface area is 125 Å². The Morgan fingerprint density at radius 3 is 2.95 bits per heavy atom. The van der Waals surface area contributed by atoms with Crippen molar-refractivity contribution in [2.75, 3.05) is 0 Å². The number of rotatable bonds is 0. The summed E-state index contributed by atoms with van der Waals surface area (Å²) in [4.78, 5) is 8.94. The molecule has 0 radical (unpaired) electrons. The highest BCUT2D eigenvalue weighted by atomic mass is 15.3. The molecule has 5 heterocycles. The Bertz CT molecular complexity index is 1140. The molecule has 1 aliphatic heterocycles. The van der Waals surface area contributed by atoms with Gasteiger partial charge in [0.25, 0.3) is 11.5 Å². The molecule has 1 aliphatic rings. The van der Waals surface area contributed by atoms with Gasteiger partial charge >= 0.3 is 0 Å². The van der Waals surface area contributed by atoms with Crippen LogP contribution in [0.5, 0.6) is 0 Å². The van der Waals surface area contributed by atoms with Gasteiger partial charge in [0.15, 0.2) is 0 Å². The second-order valence-corrected chi connectivity index (χ2v) is 5.36. The standard InChI is InChI=1S/C16H14N5/c1-19-11-6-4-8-18-13(11)14-16(19)21-9-10-5-3-7-17-12(10)15(21)20(14)2/h3-8H,9H2,1-2H3/q+1/i1D3. The number of hydrogen-bond donors (Lipinski definition) is 0. The smallest absolute Gasteiger partial charge is 0.257 e. The third-order valence-electron chi connectivity index (χ3n) is 4.27. The van der Waals surface area contributed by atoms with Gasteiger partial charge in [0.2, 0.25) is 5.52 Å². The first-order chi connectivity index (χ1) is 11.5. The van der Waals surface area contributed by atoms with Crippen molar-refractivity contribution in [3.05, 3.63) is 42.2 Å². The van der Waals surface area contributed by atoms with Crippen LogP contribution in [-0.2, 0) is 20.6 Å². The predicted octanol–water partition coefficient (Wildman–Crippen LogP) is 1.78. The first kappa shape index (κ1) is 8.56. The number of hydrogen-bond acceptors (Lipinski definition) is 2. The minimum Gasteiger partial charge on any atom is -0.257 e. The van der Waals surface area contributed by atoms with E-state index in [0.717, 1.165) is 22.6 Å². The second-order valence-electron chi connectivity index (χ2n) is 5.36. The molecule has 0 aromatic carbocycles. The molecule has 4 aromatic rings. The Morgan fingerprint density at radius 2 is 2.05 bits per heavy atom. The highest BCUT2D eigenvalue weighted by Gasteiger charge is 2.35. The molecule has 5 rings (SSSR count). The van der Waals surface area contributed by atoms with Gasteiger partial charge in [-0.3, -0.25) is 9.13 Å². The van der Waals surface area contributed by atoms with Crippen LogP contribution >= 0.6 is 0 Å². The van der Waals surface area contributed by atoms with Crippen molar-refractivity contribution in [2.24, 2.45) is 14.0 Å². The summed E-state index contributed by atoms with van der Waals surface area (Å²) in [6.45, 7) is -1.67. The molecule has 0 amide bonds. The Balaban J connectivity index is 2.02. The van der Waals surface area contributed by atoms with E-state index in [-0.39, 0.29) is 0 Å². The maximum absolute atomic E-state index is 8.02. The molecular weight excluding hydrogens is 262 g/mol. The van der Waals surface area contributed by atoms with Gasteiger partial charge in [-0.05, 0) is 18.2 Å². The van der Waals surface area contributed by atoms with Crippen molar-refractivity contribution >= 4 is 22.2 Å². The fourth-order valence-electron chi connectivity index (χ4n) is 3.40. The topological polar surface area (TPSA) is 39.5 Å². The van der Waals surface area contributed by atoms with Crippen molar-refractivity contribution < 1.29 is 8.68 Å². The summed E-state index contributed by atoms with van der Waals surface area (Å²) < 4.78 is 29.5. The van der Waals surface area contributed by atoms with E-state index in [0.29, 0.717) is 23.2 Å². The average Bonchev–Trinajstić information content (AvgIpc) is 3.16. The van der Waals surface area contributed by atoms with Crippen LogP contribution in [0.3, 0.4) is 0 Å². The summed E-state index contributed by atoms with van der Waals surface area (Å²) >= 11 is 0. The van der Waals surface area contributed by atoms with E-state index in [1.165, 1.54) is 4.57 Å². The van der Waals surface area contributed by atoms with E-state index in [2.05, 4.69) is 9.97 Å². The van der Waals surface area contributed by atoms with Crippen LogP contribution in [0, 0.1) is 0 Å². The Morgan fingerprint density at radius 1 is 1.19 bits per heavy atom. The maximum atomic E-state index is 8.02. The first-order valence-electron chi connectivity index (χ1n) is 8.31. The number of imidazole rings is 1. The van der Waals surface area contributed by atoms with Crippen molar-refractivity contribution in [1.82, 2.24) is 19.1 Å². The van der Waals surface area contributed by atoms with Gasteiger partial charge in [-0.1, -0.05) is 6.07 Å². The number of pyridine rings is 2. The summed E-state index contributed by atoms with van der Waals surface area (Å²) in [6.07, 6.45) is 3.46. The largest absolute Gasteiger partial charge is 0.271 e. The molecule has 5 nitrogen and oxygen atoms in total. The van der Waals surface area contributed by atoms with Crippen LogP contribution in [0.1, 0.15) is 9.68 Å². The molecule has 21 heavy (non-hydrogen) atoms. The number of aromatic nitrogens is 5. The number of aryl methyl sites for hydroxylation is 2. The molecule has 0 atom stereocenters. The molecular formula is C16H14N5+. The van der Waals surface area contributed by atoms with Crippen molar-refractivity contribution in [3.8, 4) is 11.5 Å². The highest BCUT2D eigenvalue weighted by Crippen LogP contribution is 2.32. The molecule has 0 saturated heterocycles. The van der Waals surface area contributed by atoms with Crippen molar-refractivity contribution in [2.45, 2.75) is 6.54 Å². The third-order valence-corrected chi connectivity index (χ3v) is 4.27. The molecule has 0 bridgehead atoms. The summed E-state index contributed by atoms with van der Waals surface area (Å²) in [6, 6.07) is 7.51. The third kappa shape index (κ3) is 1.15. The molecule has 0 spiro atoms. The molecule has 102 valence electrons. The van der Waals surface area contributed by atoms with E-state index < -0.39 is 6.98 Å². The van der Waals surface area contributed by atoms with Gasteiger partial charge in [0, 0.05) is 18.0 Å². The lowest BCUT2D eigenvalue weighted by Gasteiger charge is -1.96. The van der Waals surface area contributed by atoms with E-state index in [1.54, 1.807) is 18.5 Å².